The van der Waals surface area contributed by atoms with Gasteiger partial charge in [-0.15, -0.1) is 0 Å². The van der Waals surface area contributed by atoms with Gasteiger partial charge in [0.2, 0.25) is 0 Å². The quantitative estimate of drug-likeness (QED) is 0.392. The fourth-order valence-corrected chi connectivity index (χ4v) is 0.330. The monoisotopic (exact) mass is 113 g/mol. The molecule has 0 saturated carbocycles. The van der Waals surface area contributed by atoms with Crippen LogP contribution in [0, 0.1) is 0 Å². The molecule has 0 spiro atoms. The van der Waals surface area contributed by atoms with E-state index in [0.29, 0.717) is 0 Å². The number of carbonyl (C=O) groups is 2. The van der Waals surface area contributed by atoms with Gasteiger partial charge in [0.1, 0.15) is 0 Å². The van der Waals surface area contributed by atoms with Gasteiger partial charge < -0.3 is 0 Å². The largest absolute Gasteiger partial charge is 0.356 e. The number of likely N-dealkylation sites (N-methyl/N-ethyl adjacent to an activating group) is 1. The first kappa shape index (κ1) is 4.89. The summed E-state index contributed by atoms with van der Waals surface area (Å²) in [6.07, 6.45) is 0. The van der Waals surface area contributed by atoms with Crippen molar-refractivity contribution in [2.45, 2.75) is 0 Å². The predicted molar refractivity (Wildman–Crippen MR) is 22.6 cm³/mol. The zero-order valence-electron chi connectivity index (χ0n) is 4.16. The lowest BCUT2D eigenvalue weighted by Crippen LogP contribution is -2.20. The highest BCUT2D eigenvalue weighted by Gasteiger charge is 2.23. The van der Waals surface area contributed by atoms with Crippen molar-refractivity contribution in [3.05, 3.63) is 0 Å². The number of hydrogen-bond acceptors (Lipinski definition) is 3. The summed E-state index contributed by atoms with van der Waals surface area (Å²) >= 11 is 0. The minimum Gasteiger partial charge on any atom is -0.261 e. The van der Waals surface area contributed by atoms with Crippen molar-refractivity contribution in [2.75, 3.05) is 7.05 Å². The average Bonchev–Trinajstić information content (AvgIpc) is 1.98. The maximum atomic E-state index is 10.3. The Morgan fingerprint density at radius 1 is 1.50 bits per heavy atom. The highest BCUT2D eigenvalue weighted by molar-refractivity contribution is 6.36. The molecule has 1 aliphatic rings. The van der Waals surface area contributed by atoms with Gasteiger partial charge in [-0.3, -0.25) is 9.59 Å². The second-order valence-electron chi connectivity index (χ2n) is 1.32. The molecule has 5 heteroatoms. The zero-order valence-corrected chi connectivity index (χ0v) is 4.16. The molecule has 0 atom stereocenters. The smallest absolute Gasteiger partial charge is 0.261 e. The molecule has 0 fully saturated rings. The third-order valence-electron chi connectivity index (χ3n) is 0.747. The molecule has 0 N–H and O–H groups in total. The molecule has 0 aliphatic carbocycles. The summed E-state index contributed by atoms with van der Waals surface area (Å²) in [4.78, 5) is 20.4. The second kappa shape index (κ2) is 1.36. The first-order valence-corrected chi connectivity index (χ1v) is 1.95. The van der Waals surface area contributed by atoms with E-state index < -0.39 is 11.8 Å². The number of nitrogens with zero attached hydrogens (tertiary/aromatic N) is 3. The molecular weight excluding hydrogens is 110 g/mol. The van der Waals surface area contributed by atoms with Gasteiger partial charge >= 0.3 is 11.8 Å². The van der Waals surface area contributed by atoms with Crippen molar-refractivity contribution in [2.24, 2.45) is 10.3 Å². The molecule has 0 unspecified atom stereocenters. The van der Waals surface area contributed by atoms with Crippen LogP contribution in [0.4, 0.5) is 0 Å². The van der Waals surface area contributed by atoms with E-state index in [0.717, 1.165) is 5.01 Å². The Labute approximate surface area is 45.0 Å². The maximum absolute atomic E-state index is 10.3. The Hall–Kier alpha value is -1.26. The topological polar surface area (TPSA) is 62.1 Å². The van der Waals surface area contributed by atoms with Crippen LogP contribution in [0.5, 0.6) is 0 Å². The van der Waals surface area contributed by atoms with Gasteiger partial charge in [0.05, 0.1) is 0 Å². The summed E-state index contributed by atoms with van der Waals surface area (Å²) in [7, 11) is 1.37. The third-order valence-corrected chi connectivity index (χ3v) is 0.747. The van der Waals surface area contributed by atoms with E-state index in [1.54, 1.807) is 0 Å². The fraction of sp³-hybridized carbons (Fsp3) is 0.333. The first-order chi connectivity index (χ1) is 3.72. The van der Waals surface area contributed by atoms with Crippen molar-refractivity contribution in [3.8, 4) is 0 Å². The van der Waals surface area contributed by atoms with Gasteiger partial charge in [0.25, 0.3) is 0 Å². The van der Waals surface area contributed by atoms with E-state index >= 15 is 0 Å². The van der Waals surface area contributed by atoms with Crippen LogP contribution in [0.15, 0.2) is 10.3 Å². The molecule has 2 amide bonds. The van der Waals surface area contributed by atoms with Crippen molar-refractivity contribution < 1.29 is 9.59 Å². The molecule has 0 aromatic rings. The van der Waals surface area contributed by atoms with E-state index in [2.05, 4.69) is 10.3 Å². The van der Waals surface area contributed by atoms with Crippen molar-refractivity contribution in [1.82, 2.24) is 5.01 Å². The standard InChI is InChI=1S/C3H3N3O2/c1-6-3(8)2(7)4-5-6/h1H3. The Morgan fingerprint density at radius 3 is 2.25 bits per heavy atom. The molecule has 0 aromatic carbocycles. The predicted octanol–water partition coefficient (Wildman–Crippen LogP) is -0.648. The Balaban J connectivity index is 2.85. The van der Waals surface area contributed by atoms with Crippen LogP contribution >= 0.6 is 0 Å². The summed E-state index contributed by atoms with van der Waals surface area (Å²) in [5.74, 6) is -1.47. The maximum Gasteiger partial charge on any atom is 0.356 e. The molecular formula is C3H3N3O2. The molecule has 5 nitrogen and oxygen atoms in total. The molecule has 1 aliphatic heterocycles. The van der Waals surface area contributed by atoms with Gasteiger partial charge in [-0.05, 0) is 0 Å². The van der Waals surface area contributed by atoms with Crippen LogP contribution in [0.3, 0.4) is 0 Å². The van der Waals surface area contributed by atoms with Crippen LogP contribution in [0.25, 0.3) is 0 Å². The molecule has 0 radical (unpaired) electrons. The molecule has 8 heavy (non-hydrogen) atoms. The van der Waals surface area contributed by atoms with Crippen LogP contribution in [-0.2, 0) is 9.59 Å². The van der Waals surface area contributed by atoms with Crippen LogP contribution in [0.1, 0.15) is 0 Å². The number of amides is 2. The molecule has 0 bridgehead atoms. The molecule has 0 aromatic heterocycles. The lowest BCUT2D eigenvalue weighted by molar-refractivity contribution is -0.140. The lowest BCUT2D eigenvalue weighted by Gasteiger charge is -1.93. The highest BCUT2D eigenvalue weighted by atomic mass is 16.2. The van der Waals surface area contributed by atoms with E-state index in [1.807, 2.05) is 0 Å². The summed E-state index contributed by atoms with van der Waals surface area (Å²) in [5, 5.41) is 7.01. The molecule has 0 saturated heterocycles. The van der Waals surface area contributed by atoms with Crippen molar-refractivity contribution in [3.63, 3.8) is 0 Å². The van der Waals surface area contributed by atoms with E-state index in [9.17, 15) is 9.59 Å². The highest BCUT2D eigenvalue weighted by Crippen LogP contribution is 1.98. The van der Waals surface area contributed by atoms with E-state index in [1.165, 1.54) is 7.05 Å². The van der Waals surface area contributed by atoms with Crippen molar-refractivity contribution >= 4 is 11.8 Å². The second-order valence-corrected chi connectivity index (χ2v) is 1.32. The minimum absolute atomic E-state index is 0.676. The van der Waals surface area contributed by atoms with Gasteiger partial charge in [0.15, 0.2) is 0 Å². The number of carbonyl (C=O) groups excluding carboxylic acids is 2. The molecule has 1 rings (SSSR count). The summed E-state index contributed by atoms with van der Waals surface area (Å²) in [6.45, 7) is 0. The fourth-order valence-electron chi connectivity index (χ4n) is 0.330. The summed E-state index contributed by atoms with van der Waals surface area (Å²) in [6, 6.07) is 0. The number of hydrogen-bond donors (Lipinski definition) is 0. The lowest BCUT2D eigenvalue weighted by atomic mass is 10.6. The molecule has 42 valence electrons. The Bertz CT molecular complexity index is 173. The normalized spacial score (nSPS) is 18.4. The summed E-state index contributed by atoms with van der Waals surface area (Å²) < 4.78 is 0. The van der Waals surface area contributed by atoms with Crippen LogP contribution in [0.2, 0.25) is 0 Å². The SMILES string of the molecule is CN1N=NC(=O)C1=O. The molecule has 1 heterocycles. The van der Waals surface area contributed by atoms with Crippen molar-refractivity contribution in [1.29, 1.82) is 0 Å². The van der Waals surface area contributed by atoms with Gasteiger partial charge in [-0.1, -0.05) is 10.3 Å². The third kappa shape index (κ3) is 0.481. The van der Waals surface area contributed by atoms with E-state index in [-0.39, 0.29) is 0 Å². The zero-order chi connectivity index (χ0) is 6.15. The van der Waals surface area contributed by atoms with E-state index in [4.69, 9.17) is 0 Å². The van der Waals surface area contributed by atoms with Gasteiger partial charge in [-0.25, -0.2) is 5.01 Å². The Morgan fingerprint density at radius 2 is 2.12 bits per heavy atom. The summed E-state index contributed by atoms with van der Waals surface area (Å²) in [5.41, 5.74) is 0. The van der Waals surface area contributed by atoms with Gasteiger partial charge in [-0.2, -0.15) is 0 Å². The average molecular weight is 113 g/mol. The van der Waals surface area contributed by atoms with Crippen LogP contribution in [-0.4, -0.2) is 23.9 Å². The number of rotatable bonds is 0. The minimum atomic E-state index is -0.799. The van der Waals surface area contributed by atoms with Gasteiger partial charge in [0, 0.05) is 7.05 Å². The van der Waals surface area contributed by atoms with Crippen LogP contribution < -0.4 is 0 Å². The first-order valence-electron chi connectivity index (χ1n) is 1.95. The Kier molecular flexibility index (Phi) is 0.831.